The molecule has 0 N–H and O–H groups in total. The lowest BCUT2D eigenvalue weighted by Crippen LogP contribution is -2.06. The van der Waals surface area contributed by atoms with Crippen molar-refractivity contribution in [3.63, 3.8) is 0 Å². The second-order valence-electron chi connectivity index (χ2n) is 17.2. The van der Waals surface area contributed by atoms with Crippen LogP contribution in [-0.2, 0) is 0 Å². The second kappa shape index (κ2) is 16.4. The van der Waals surface area contributed by atoms with E-state index in [1.54, 1.807) is 0 Å². The second-order valence-corrected chi connectivity index (χ2v) is 17.2. The van der Waals surface area contributed by atoms with Crippen LogP contribution in [0.2, 0.25) is 0 Å². The minimum Gasteiger partial charge on any atom is -0.309 e. The molecule has 3 aromatic heterocycles. The van der Waals surface area contributed by atoms with Crippen LogP contribution >= 0.6 is 0 Å². The van der Waals surface area contributed by atoms with Gasteiger partial charge in [-0.25, -0.2) is 4.98 Å². The van der Waals surface area contributed by atoms with Crippen LogP contribution in [0.3, 0.4) is 0 Å². The Morgan fingerprint density at radius 3 is 1.38 bits per heavy atom. The van der Waals surface area contributed by atoms with Crippen LogP contribution in [0.5, 0.6) is 0 Å². The van der Waals surface area contributed by atoms with E-state index in [-0.39, 0.29) is 0 Å². The fraction of sp³-hybridized carbons (Fsp3) is 0. The standard InChI is InChI=1S/C63H41N5/c1-4-19-42(20-5-1)45-25-16-27-47(39-45)48-28-18-30-50(41-48)62-64-61(44-23-8-3-9-24-44)65-63(66-62)68-56-35-14-11-32-52(56)53-37-38-58-59(60(53)68)54-33-12-15-36-57(54)67(58)55-34-13-10-31-51(55)49-29-17-26-46(40-49)43-21-6-2-7-22-43/h1-41H. The molecule has 5 heteroatoms. The van der Waals surface area contributed by atoms with Crippen LogP contribution < -0.4 is 0 Å². The van der Waals surface area contributed by atoms with Gasteiger partial charge in [0.1, 0.15) is 0 Å². The third-order valence-corrected chi connectivity index (χ3v) is 13.2. The lowest BCUT2D eigenvalue weighted by atomic mass is 9.98. The van der Waals surface area contributed by atoms with Gasteiger partial charge in [0.2, 0.25) is 5.95 Å². The molecule has 13 rings (SSSR count). The number of fused-ring (bicyclic) bond motifs is 7. The van der Waals surface area contributed by atoms with Crippen molar-refractivity contribution in [3.05, 3.63) is 249 Å². The Labute approximate surface area is 393 Å². The Balaban J connectivity index is 1.04. The Kier molecular flexibility index (Phi) is 9.43. The predicted octanol–water partition coefficient (Wildman–Crippen LogP) is 16.1. The van der Waals surface area contributed by atoms with Gasteiger partial charge < -0.3 is 4.57 Å². The first-order chi connectivity index (χ1) is 33.7. The fourth-order valence-electron chi connectivity index (χ4n) is 10.0. The van der Waals surface area contributed by atoms with E-state index < -0.39 is 0 Å². The average Bonchev–Trinajstić information content (AvgIpc) is 3.95. The maximum Gasteiger partial charge on any atom is 0.238 e. The summed E-state index contributed by atoms with van der Waals surface area (Å²) in [4.78, 5) is 16.0. The van der Waals surface area contributed by atoms with E-state index in [4.69, 9.17) is 15.0 Å². The maximum absolute atomic E-state index is 5.44. The molecule has 0 atom stereocenters. The normalized spacial score (nSPS) is 11.5. The van der Waals surface area contributed by atoms with E-state index in [1.807, 2.05) is 18.2 Å². The molecule has 0 saturated carbocycles. The Morgan fingerprint density at radius 1 is 0.265 bits per heavy atom. The molecule has 13 aromatic rings. The summed E-state index contributed by atoms with van der Waals surface area (Å²) in [6.45, 7) is 0. The molecule has 0 saturated heterocycles. The van der Waals surface area contributed by atoms with Crippen molar-refractivity contribution in [1.82, 2.24) is 24.1 Å². The highest BCUT2D eigenvalue weighted by molar-refractivity contribution is 6.26. The minimum atomic E-state index is 0.555. The Hall–Kier alpha value is -9.19. The SMILES string of the molecule is c1ccc(-c2cccc(-c3cccc(-c4nc(-c5ccccc5)nc(-n5c6ccccc6c6ccc7c(c8ccccc8n7-c7ccccc7-c7cccc(-c8ccccc8)c7)c65)n4)c3)c2)cc1. The van der Waals surface area contributed by atoms with E-state index >= 15 is 0 Å². The number of para-hydroxylation sites is 3. The van der Waals surface area contributed by atoms with Gasteiger partial charge in [0, 0.05) is 38.2 Å². The minimum absolute atomic E-state index is 0.555. The summed E-state index contributed by atoms with van der Waals surface area (Å²) in [5.41, 5.74) is 16.4. The number of rotatable bonds is 8. The van der Waals surface area contributed by atoms with Crippen LogP contribution in [0, 0.1) is 0 Å². The van der Waals surface area contributed by atoms with Gasteiger partial charge in [-0.05, 0) is 81.4 Å². The highest BCUT2D eigenvalue weighted by Crippen LogP contribution is 2.43. The first-order valence-corrected chi connectivity index (χ1v) is 23.0. The summed E-state index contributed by atoms with van der Waals surface area (Å²) in [5, 5.41) is 4.53. The van der Waals surface area contributed by atoms with Crippen molar-refractivity contribution < 1.29 is 0 Å². The van der Waals surface area contributed by atoms with Gasteiger partial charge in [0.15, 0.2) is 11.6 Å². The zero-order chi connectivity index (χ0) is 45.0. The molecule has 0 radical (unpaired) electrons. The van der Waals surface area contributed by atoms with Crippen LogP contribution in [0.15, 0.2) is 249 Å². The van der Waals surface area contributed by atoms with Crippen LogP contribution in [0.25, 0.3) is 123 Å². The summed E-state index contributed by atoms with van der Waals surface area (Å²) < 4.78 is 4.70. The third kappa shape index (κ3) is 6.68. The van der Waals surface area contributed by atoms with Gasteiger partial charge >= 0.3 is 0 Å². The molecular weight excluding hydrogens is 827 g/mol. The topological polar surface area (TPSA) is 48.5 Å². The molecule has 0 amide bonds. The largest absolute Gasteiger partial charge is 0.309 e. The molecule has 0 aliphatic heterocycles. The van der Waals surface area contributed by atoms with Crippen molar-refractivity contribution in [2.45, 2.75) is 0 Å². The zero-order valence-electron chi connectivity index (χ0n) is 36.9. The van der Waals surface area contributed by atoms with Crippen molar-refractivity contribution in [2.75, 3.05) is 0 Å². The van der Waals surface area contributed by atoms with Gasteiger partial charge in [-0.2, -0.15) is 9.97 Å². The van der Waals surface area contributed by atoms with Crippen LogP contribution in [-0.4, -0.2) is 24.1 Å². The third-order valence-electron chi connectivity index (χ3n) is 13.2. The number of nitrogens with zero attached hydrogens (tertiary/aromatic N) is 5. The highest BCUT2D eigenvalue weighted by Gasteiger charge is 2.24. The van der Waals surface area contributed by atoms with Gasteiger partial charge in [-0.15, -0.1) is 0 Å². The Morgan fingerprint density at radius 2 is 0.721 bits per heavy atom. The molecule has 0 aliphatic rings. The molecule has 318 valence electrons. The van der Waals surface area contributed by atoms with Crippen molar-refractivity contribution in [2.24, 2.45) is 0 Å². The first-order valence-electron chi connectivity index (χ1n) is 23.0. The summed E-state index contributed by atoms with van der Waals surface area (Å²) in [5.74, 6) is 1.76. The Bertz CT molecular complexity index is 4020. The van der Waals surface area contributed by atoms with Crippen LogP contribution in [0.1, 0.15) is 0 Å². The van der Waals surface area contributed by atoms with E-state index in [9.17, 15) is 0 Å². The molecule has 5 nitrogen and oxygen atoms in total. The van der Waals surface area contributed by atoms with E-state index in [1.165, 1.54) is 22.3 Å². The molecule has 0 spiro atoms. The highest BCUT2D eigenvalue weighted by atomic mass is 15.2. The predicted molar refractivity (Wildman–Crippen MR) is 281 cm³/mol. The summed E-state index contributed by atoms with van der Waals surface area (Å²) >= 11 is 0. The van der Waals surface area contributed by atoms with Crippen molar-refractivity contribution >= 4 is 43.6 Å². The fourth-order valence-corrected chi connectivity index (χ4v) is 10.0. The molecule has 0 fully saturated rings. The van der Waals surface area contributed by atoms with E-state index in [2.05, 4.69) is 240 Å². The van der Waals surface area contributed by atoms with Gasteiger partial charge in [-0.1, -0.05) is 206 Å². The van der Waals surface area contributed by atoms with E-state index in [0.717, 1.165) is 82.7 Å². The molecule has 10 aromatic carbocycles. The van der Waals surface area contributed by atoms with Gasteiger partial charge in [0.25, 0.3) is 0 Å². The summed E-state index contributed by atoms with van der Waals surface area (Å²) in [6, 6.07) is 88.2. The maximum atomic E-state index is 5.44. The van der Waals surface area contributed by atoms with Gasteiger partial charge in [-0.3, -0.25) is 4.57 Å². The van der Waals surface area contributed by atoms with Crippen molar-refractivity contribution in [1.29, 1.82) is 0 Å². The monoisotopic (exact) mass is 867 g/mol. The molecule has 0 bridgehead atoms. The number of aromatic nitrogens is 5. The quantitative estimate of drug-likeness (QED) is 0.153. The number of benzene rings is 10. The number of hydrogen-bond acceptors (Lipinski definition) is 3. The summed E-state index contributed by atoms with van der Waals surface area (Å²) in [7, 11) is 0. The molecular formula is C63H41N5. The molecule has 0 unspecified atom stereocenters. The lowest BCUT2D eigenvalue weighted by molar-refractivity contribution is 0.955. The first kappa shape index (κ1) is 39.2. The van der Waals surface area contributed by atoms with Crippen LogP contribution in [0.4, 0.5) is 0 Å². The number of hydrogen-bond donors (Lipinski definition) is 0. The molecule has 0 aliphatic carbocycles. The van der Waals surface area contributed by atoms with Crippen molar-refractivity contribution in [3.8, 4) is 78.9 Å². The lowest BCUT2D eigenvalue weighted by Gasteiger charge is -2.15. The molecule has 3 heterocycles. The summed E-state index contributed by atoms with van der Waals surface area (Å²) in [6.07, 6.45) is 0. The zero-order valence-corrected chi connectivity index (χ0v) is 36.9. The van der Waals surface area contributed by atoms with E-state index in [0.29, 0.717) is 17.6 Å². The van der Waals surface area contributed by atoms with Gasteiger partial charge in [0.05, 0.1) is 27.8 Å². The smallest absolute Gasteiger partial charge is 0.238 e. The molecule has 68 heavy (non-hydrogen) atoms. The average molecular weight is 868 g/mol.